The Morgan fingerprint density at radius 1 is 1.44 bits per heavy atom. The van der Waals surface area contributed by atoms with Crippen molar-refractivity contribution >= 4 is 0 Å². The zero-order valence-electron chi connectivity index (χ0n) is 10.0. The first-order valence-electron chi connectivity index (χ1n) is 5.88. The molecule has 2 N–H and O–H groups in total. The molecule has 1 saturated carbocycles. The lowest BCUT2D eigenvalue weighted by Crippen LogP contribution is -2.15. The van der Waals surface area contributed by atoms with E-state index in [4.69, 9.17) is 10.3 Å². The van der Waals surface area contributed by atoms with Crippen molar-refractivity contribution in [1.82, 2.24) is 15.0 Å². The molecule has 1 aliphatic rings. The van der Waals surface area contributed by atoms with Gasteiger partial charge in [0.25, 0.3) is 0 Å². The van der Waals surface area contributed by atoms with Crippen LogP contribution < -0.4 is 5.73 Å². The van der Waals surface area contributed by atoms with Gasteiger partial charge in [-0.05, 0) is 33.4 Å². The topological polar surface area (TPSA) is 68.2 Å². The van der Waals surface area contributed by atoms with Crippen LogP contribution in [0, 0.1) is 0 Å². The number of hydrogen-bond acceptors (Lipinski definition) is 5. The number of nitrogens with zero attached hydrogens (tertiary/aromatic N) is 3. The van der Waals surface area contributed by atoms with Gasteiger partial charge in [-0.3, -0.25) is 0 Å². The van der Waals surface area contributed by atoms with E-state index in [1.807, 2.05) is 14.1 Å². The van der Waals surface area contributed by atoms with Crippen LogP contribution in [-0.4, -0.2) is 41.7 Å². The first-order chi connectivity index (χ1) is 7.65. The molecule has 0 aliphatic heterocycles. The minimum Gasteiger partial charge on any atom is -0.339 e. The summed E-state index contributed by atoms with van der Waals surface area (Å²) in [6.07, 6.45) is 3.97. The average Bonchev–Trinajstić information content (AvgIpc) is 2.83. The van der Waals surface area contributed by atoms with Crippen LogP contribution in [0.15, 0.2) is 4.52 Å². The maximum absolute atomic E-state index is 5.87. The van der Waals surface area contributed by atoms with E-state index in [1.165, 1.54) is 0 Å². The van der Waals surface area contributed by atoms with Gasteiger partial charge in [-0.15, -0.1) is 0 Å². The Hall–Kier alpha value is -0.940. The van der Waals surface area contributed by atoms with Gasteiger partial charge in [0, 0.05) is 24.9 Å². The first-order valence-corrected chi connectivity index (χ1v) is 5.88. The second kappa shape index (κ2) is 4.93. The van der Waals surface area contributed by atoms with E-state index < -0.39 is 0 Å². The van der Waals surface area contributed by atoms with E-state index in [-0.39, 0.29) is 0 Å². The van der Waals surface area contributed by atoms with Crippen molar-refractivity contribution in [1.29, 1.82) is 0 Å². The Morgan fingerprint density at radius 3 is 2.88 bits per heavy atom. The molecule has 1 fully saturated rings. The molecule has 0 radical (unpaired) electrons. The normalized spacial score (nSPS) is 25.5. The third-order valence-electron chi connectivity index (χ3n) is 3.09. The van der Waals surface area contributed by atoms with Crippen molar-refractivity contribution < 1.29 is 4.52 Å². The van der Waals surface area contributed by atoms with Gasteiger partial charge in [0.1, 0.15) is 0 Å². The highest BCUT2D eigenvalue weighted by molar-refractivity contribution is 4.99. The van der Waals surface area contributed by atoms with Gasteiger partial charge in [0.2, 0.25) is 5.89 Å². The lowest BCUT2D eigenvalue weighted by atomic mass is 10.1. The van der Waals surface area contributed by atoms with Crippen molar-refractivity contribution in [2.45, 2.75) is 37.6 Å². The molecule has 16 heavy (non-hydrogen) atoms. The summed E-state index contributed by atoms with van der Waals surface area (Å²) in [5.41, 5.74) is 5.87. The van der Waals surface area contributed by atoms with E-state index in [0.717, 1.165) is 43.9 Å². The van der Waals surface area contributed by atoms with Crippen molar-refractivity contribution in [3.05, 3.63) is 11.7 Å². The predicted octanol–water partition coefficient (Wildman–Crippen LogP) is 0.769. The van der Waals surface area contributed by atoms with Crippen LogP contribution in [0.4, 0.5) is 0 Å². The Morgan fingerprint density at radius 2 is 2.25 bits per heavy atom. The van der Waals surface area contributed by atoms with Crippen molar-refractivity contribution in [2.24, 2.45) is 5.73 Å². The summed E-state index contributed by atoms with van der Waals surface area (Å²) in [4.78, 5) is 6.55. The molecule has 0 aromatic carbocycles. The molecule has 1 aliphatic carbocycles. The van der Waals surface area contributed by atoms with Crippen molar-refractivity contribution in [3.63, 3.8) is 0 Å². The summed E-state index contributed by atoms with van der Waals surface area (Å²) < 4.78 is 5.29. The van der Waals surface area contributed by atoms with Crippen LogP contribution in [0.2, 0.25) is 0 Å². The Balaban J connectivity index is 1.91. The summed E-state index contributed by atoms with van der Waals surface area (Å²) in [6, 6.07) is 0.308. The highest BCUT2D eigenvalue weighted by atomic mass is 16.5. The SMILES string of the molecule is CN(C)CCc1noc(C2CCC(N)C2)n1. The van der Waals surface area contributed by atoms with Crippen molar-refractivity contribution in [3.8, 4) is 0 Å². The highest BCUT2D eigenvalue weighted by Gasteiger charge is 2.27. The van der Waals surface area contributed by atoms with Gasteiger partial charge in [-0.1, -0.05) is 5.16 Å². The summed E-state index contributed by atoms with van der Waals surface area (Å²) in [5.74, 6) is 1.97. The average molecular weight is 224 g/mol. The summed E-state index contributed by atoms with van der Waals surface area (Å²) >= 11 is 0. The van der Waals surface area contributed by atoms with Crippen LogP contribution in [0.25, 0.3) is 0 Å². The molecule has 0 amide bonds. The second-order valence-electron chi connectivity index (χ2n) is 4.87. The maximum atomic E-state index is 5.87. The highest BCUT2D eigenvalue weighted by Crippen LogP contribution is 2.32. The van der Waals surface area contributed by atoms with E-state index in [1.54, 1.807) is 0 Å². The minimum atomic E-state index is 0.308. The van der Waals surface area contributed by atoms with Crippen LogP contribution in [0.1, 0.15) is 36.9 Å². The fourth-order valence-electron chi connectivity index (χ4n) is 2.10. The van der Waals surface area contributed by atoms with Gasteiger partial charge in [-0.25, -0.2) is 0 Å². The summed E-state index contributed by atoms with van der Waals surface area (Å²) in [7, 11) is 4.08. The lowest BCUT2D eigenvalue weighted by Gasteiger charge is -2.05. The molecule has 0 bridgehead atoms. The molecule has 5 nitrogen and oxygen atoms in total. The Labute approximate surface area is 96.0 Å². The van der Waals surface area contributed by atoms with Gasteiger partial charge in [0.15, 0.2) is 5.82 Å². The van der Waals surface area contributed by atoms with E-state index >= 15 is 0 Å². The third-order valence-corrected chi connectivity index (χ3v) is 3.09. The predicted molar refractivity (Wildman–Crippen MR) is 61.1 cm³/mol. The summed E-state index contributed by atoms with van der Waals surface area (Å²) in [6.45, 7) is 0.948. The van der Waals surface area contributed by atoms with Gasteiger partial charge >= 0.3 is 0 Å². The van der Waals surface area contributed by atoms with E-state index in [2.05, 4.69) is 15.0 Å². The monoisotopic (exact) mass is 224 g/mol. The standard InChI is InChI=1S/C11H20N4O/c1-15(2)6-5-10-13-11(16-14-10)8-3-4-9(12)7-8/h8-9H,3-7,12H2,1-2H3. The molecule has 1 aromatic rings. The molecule has 0 spiro atoms. The maximum Gasteiger partial charge on any atom is 0.229 e. The fraction of sp³-hybridized carbons (Fsp3) is 0.818. The van der Waals surface area contributed by atoms with Crippen molar-refractivity contribution in [2.75, 3.05) is 20.6 Å². The number of rotatable bonds is 4. The quantitative estimate of drug-likeness (QED) is 0.818. The molecule has 2 unspecified atom stereocenters. The molecule has 1 aromatic heterocycles. The molecule has 1 heterocycles. The Kier molecular flexibility index (Phi) is 3.56. The first kappa shape index (κ1) is 11.5. The zero-order chi connectivity index (χ0) is 11.5. The lowest BCUT2D eigenvalue weighted by molar-refractivity contribution is 0.346. The van der Waals surface area contributed by atoms with E-state index in [0.29, 0.717) is 12.0 Å². The fourth-order valence-corrected chi connectivity index (χ4v) is 2.10. The largest absolute Gasteiger partial charge is 0.339 e. The molecular weight excluding hydrogens is 204 g/mol. The van der Waals surface area contributed by atoms with Gasteiger partial charge in [-0.2, -0.15) is 4.98 Å². The van der Waals surface area contributed by atoms with Gasteiger partial charge < -0.3 is 15.2 Å². The molecule has 90 valence electrons. The van der Waals surface area contributed by atoms with Crippen LogP contribution >= 0.6 is 0 Å². The number of hydrogen-bond donors (Lipinski definition) is 1. The van der Waals surface area contributed by atoms with Crippen LogP contribution in [0.3, 0.4) is 0 Å². The number of likely N-dealkylation sites (N-methyl/N-ethyl adjacent to an activating group) is 1. The van der Waals surface area contributed by atoms with Gasteiger partial charge in [0.05, 0.1) is 0 Å². The third kappa shape index (κ3) is 2.80. The minimum absolute atomic E-state index is 0.308. The molecule has 5 heteroatoms. The summed E-state index contributed by atoms with van der Waals surface area (Å²) in [5, 5.41) is 4.00. The number of nitrogens with two attached hydrogens (primary N) is 1. The zero-order valence-corrected chi connectivity index (χ0v) is 10.0. The van der Waals surface area contributed by atoms with E-state index in [9.17, 15) is 0 Å². The molecule has 0 saturated heterocycles. The second-order valence-corrected chi connectivity index (χ2v) is 4.87. The number of aromatic nitrogens is 2. The van der Waals surface area contributed by atoms with Crippen LogP contribution in [0.5, 0.6) is 0 Å². The smallest absolute Gasteiger partial charge is 0.229 e. The Bertz CT molecular complexity index is 336. The molecule has 2 rings (SSSR count). The van der Waals surface area contributed by atoms with Crippen LogP contribution in [-0.2, 0) is 6.42 Å². The molecule has 2 atom stereocenters. The molecular formula is C11H20N4O.